The zero-order valence-electron chi connectivity index (χ0n) is 11.0. The van der Waals surface area contributed by atoms with Crippen LogP contribution in [-0.4, -0.2) is 42.2 Å². The molecule has 6 nitrogen and oxygen atoms in total. The molecule has 2 rings (SSSR count). The fourth-order valence-electron chi connectivity index (χ4n) is 1.87. The second-order valence-electron chi connectivity index (χ2n) is 4.12. The molecular formula is C14H14N2O4. The minimum absolute atomic E-state index is 0.0143. The van der Waals surface area contributed by atoms with E-state index in [0.29, 0.717) is 16.9 Å². The summed E-state index contributed by atoms with van der Waals surface area (Å²) in [6.45, 7) is -0.119. The summed E-state index contributed by atoms with van der Waals surface area (Å²) in [4.78, 5) is 24.3. The number of carbonyl (C=O) groups is 2. The number of hydrogen-bond acceptors (Lipinski definition) is 4. The lowest BCUT2D eigenvalue weighted by atomic mass is 10.1. The molecule has 0 aromatic heterocycles. The molecule has 1 aliphatic heterocycles. The van der Waals surface area contributed by atoms with E-state index in [4.69, 9.17) is 9.84 Å². The highest BCUT2D eigenvalue weighted by Gasteiger charge is 2.28. The minimum Gasteiger partial charge on any atom is -0.497 e. The Labute approximate surface area is 116 Å². The Morgan fingerprint density at radius 1 is 1.45 bits per heavy atom. The fourth-order valence-corrected chi connectivity index (χ4v) is 1.87. The van der Waals surface area contributed by atoms with E-state index in [0.717, 1.165) is 4.90 Å². The lowest BCUT2D eigenvalue weighted by molar-refractivity contribution is -0.125. The van der Waals surface area contributed by atoms with Gasteiger partial charge in [-0.05, 0) is 23.8 Å². The highest BCUT2D eigenvalue weighted by Crippen LogP contribution is 2.19. The molecule has 2 N–H and O–H groups in total. The molecule has 1 aromatic rings. The fraction of sp³-hybridized carbons (Fsp3) is 0.286. The van der Waals surface area contributed by atoms with E-state index in [1.165, 1.54) is 7.11 Å². The number of imide groups is 1. The van der Waals surface area contributed by atoms with E-state index < -0.39 is 6.03 Å². The smallest absolute Gasteiger partial charge is 0.324 e. The van der Waals surface area contributed by atoms with Gasteiger partial charge in [0.25, 0.3) is 0 Å². The maximum absolute atomic E-state index is 11.6. The van der Waals surface area contributed by atoms with Crippen molar-refractivity contribution < 1.29 is 19.4 Å². The molecule has 0 unspecified atom stereocenters. The van der Waals surface area contributed by atoms with Crippen LogP contribution in [0.5, 0.6) is 5.75 Å². The summed E-state index contributed by atoms with van der Waals surface area (Å²) in [5.41, 5.74) is 1.34. The van der Waals surface area contributed by atoms with Gasteiger partial charge in [-0.1, -0.05) is 11.8 Å². The molecule has 1 fully saturated rings. The predicted molar refractivity (Wildman–Crippen MR) is 70.9 cm³/mol. The molecule has 1 saturated heterocycles. The van der Waals surface area contributed by atoms with Crippen molar-refractivity contribution in [3.8, 4) is 17.6 Å². The van der Waals surface area contributed by atoms with Crippen molar-refractivity contribution in [2.24, 2.45) is 0 Å². The number of hydrogen-bond donors (Lipinski definition) is 2. The van der Waals surface area contributed by atoms with E-state index in [-0.39, 0.29) is 25.6 Å². The second-order valence-corrected chi connectivity index (χ2v) is 4.12. The van der Waals surface area contributed by atoms with Gasteiger partial charge in [-0.3, -0.25) is 9.69 Å². The van der Waals surface area contributed by atoms with Crippen LogP contribution in [0.15, 0.2) is 18.2 Å². The molecular weight excluding hydrogens is 260 g/mol. The van der Waals surface area contributed by atoms with Crippen LogP contribution in [-0.2, 0) is 11.3 Å². The topological polar surface area (TPSA) is 78.9 Å². The SMILES string of the molecule is COc1ccc(C#CCO)c(CN2C(=O)CNC2=O)c1. The van der Waals surface area contributed by atoms with Crippen LogP contribution >= 0.6 is 0 Å². The number of aliphatic hydroxyl groups excluding tert-OH is 1. The van der Waals surface area contributed by atoms with Crippen LogP contribution in [0.3, 0.4) is 0 Å². The van der Waals surface area contributed by atoms with Gasteiger partial charge in [-0.2, -0.15) is 0 Å². The summed E-state index contributed by atoms with van der Waals surface area (Å²) in [5, 5.41) is 11.2. The number of ether oxygens (including phenoxy) is 1. The van der Waals surface area contributed by atoms with Crippen LogP contribution < -0.4 is 10.1 Å². The van der Waals surface area contributed by atoms with Gasteiger partial charge in [0.1, 0.15) is 12.4 Å². The summed E-state index contributed by atoms with van der Waals surface area (Å²) in [6.07, 6.45) is 0. The highest BCUT2D eigenvalue weighted by molar-refractivity contribution is 6.01. The second kappa shape index (κ2) is 6.08. The normalized spacial score (nSPS) is 13.8. The van der Waals surface area contributed by atoms with E-state index in [1.54, 1.807) is 18.2 Å². The van der Waals surface area contributed by atoms with E-state index in [9.17, 15) is 9.59 Å². The molecule has 0 bridgehead atoms. The summed E-state index contributed by atoms with van der Waals surface area (Å²) < 4.78 is 5.13. The third-order valence-corrected chi connectivity index (χ3v) is 2.88. The molecule has 0 atom stereocenters. The molecule has 0 saturated carbocycles. The molecule has 20 heavy (non-hydrogen) atoms. The molecule has 1 aromatic carbocycles. The molecule has 0 aliphatic carbocycles. The monoisotopic (exact) mass is 274 g/mol. The zero-order valence-corrected chi connectivity index (χ0v) is 11.0. The first-order valence-corrected chi connectivity index (χ1v) is 6.00. The minimum atomic E-state index is -0.418. The molecule has 0 radical (unpaired) electrons. The standard InChI is InChI=1S/C14H14N2O4/c1-20-12-5-4-10(3-2-6-17)11(7-12)9-16-13(18)8-15-14(16)19/h4-5,7,17H,6,8-9H2,1H3,(H,15,19). The molecule has 104 valence electrons. The summed E-state index contributed by atoms with van der Waals surface area (Å²) in [6, 6.07) is 4.77. The van der Waals surface area contributed by atoms with Crippen molar-refractivity contribution in [2.75, 3.05) is 20.3 Å². The lowest BCUT2D eigenvalue weighted by Gasteiger charge is -2.14. The first-order chi connectivity index (χ1) is 9.65. The number of carbonyl (C=O) groups excluding carboxylic acids is 2. The molecule has 6 heteroatoms. The van der Waals surface area contributed by atoms with Crippen molar-refractivity contribution in [2.45, 2.75) is 6.54 Å². The number of benzene rings is 1. The van der Waals surface area contributed by atoms with Crippen molar-refractivity contribution in [1.29, 1.82) is 0 Å². The third-order valence-electron chi connectivity index (χ3n) is 2.88. The molecule has 1 heterocycles. The molecule has 1 aliphatic rings. The van der Waals surface area contributed by atoms with Gasteiger partial charge in [-0.15, -0.1) is 0 Å². The van der Waals surface area contributed by atoms with Gasteiger partial charge in [0.2, 0.25) is 5.91 Å². The summed E-state index contributed by atoms with van der Waals surface area (Å²) >= 11 is 0. The van der Waals surface area contributed by atoms with Gasteiger partial charge >= 0.3 is 6.03 Å². The highest BCUT2D eigenvalue weighted by atomic mass is 16.5. The first-order valence-electron chi connectivity index (χ1n) is 6.00. The Balaban J connectivity index is 2.32. The Bertz CT molecular complexity index is 585. The Morgan fingerprint density at radius 3 is 2.85 bits per heavy atom. The van der Waals surface area contributed by atoms with Gasteiger partial charge in [-0.25, -0.2) is 4.79 Å². The number of aliphatic hydroxyl groups is 1. The van der Waals surface area contributed by atoms with Crippen LogP contribution in [0.4, 0.5) is 4.79 Å². The maximum atomic E-state index is 11.6. The van der Waals surface area contributed by atoms with Crippen molar-refractivity contribution in [1.82, 2.24) is 10.2 Å². The maximum Gasteiger partial charge on any atom is 0.324 e. The Kier molecular flexibility index (Phi) is 4.23. The largest absolute Gasteiger partial charge is 0.497 e. The number of rotatable bonds is 3. The average Bonchev–Trinajstić information content (AvgIpc) is 2.77. The van der Waals surface area contributed by atoms with Crippen LogP contribution in [0.25, 0.3) is 0 Å². The van der Waals surface area contributed by atoms with Crippen LogP contribution in [0, 0.1) is 11.8 Å². The average molecular weight is 274 g/mol. The Hall–Kier alpha value is -2.52. The van der Waals surface area contributed by atoms with Crippen LogP contribution in [0.1, 0.15) is 11.1 Å². The van der Waals surface area contributed by atoms with Gasteiger partial charge in [0, 0.05) is 5.56 Å². The van der Waals surface area contributed by atoms with Gasteiger partial charge < -0.3 is 15.2 Å². The van der Waals surface area contributed by atoms with Crippen molar-refractivity contribution in [3.63, 3.8) is 0 Å². The quantitative estimate of drug-likeness (QED) is 0.605. The summed E-state index contributed by atoms with van der Waals surface area (Å²) in [5.74, 6) is 5.68. The van der Waals surface area contributed by atoms with E-state index in [1.807, 2.05) is 0 Å². The number of urea groups is 1. The zero-order chi connectivity index (χ0) is 14.5. The van der Waals surface area contributed by atoms with E-state index >= 15 is 0 Å². The Morgan fingerprint density at radius 2 is 2.25 bits per heavy atom. The summed E-state index contributed by atoms with van der Waals surface area (Å²) in [7, 11) is 1.53. The van der Waals surface area contributed by atoms with Crippen molar-refractivity contribution >= 4 is 11.9 Å². The predicted octanol–water partition coefficient (Wildman–Crippen LogP) is 0.0908. The van der Waals surface area contributed by atoms with Crippen LogP contribution in [0.2, 0.25) is 0 Å². The number of nitrogens with zero attached hydrogens (tertiary/aromatic N) is 1. The number of nitrogens with one attached hydrogen (secondary N) is 1. The lowest BCUT2D eigenvalue weighted by Crippen LogP contribution is -2.30. The first kappa shape index (κ1) is 13.9. The van der Waals surface area contributed by atoms with Gasteiger partial charge in [0.05, 0.1) is 20.2 Å². The van der Waals surface area contributed by atoms with E-state index in [2.05, 4.69) is 17.2 Å². The van der Waals surface area contributed by atoms with Crippen molar-refractivity contribution in [3.05, 3.63) is 29.3 Å². The van der Waals surface area contributed by atoms with Gasteiger partial charge in [0.15, 0.2) is 0 Å². The third kappa shape index (κ3) is 2.90. The number of methoxy groups -OCH3 is 1. The molecule has 0 spiro atoms. The number of amides is 3. The molecule has 3 amide bonds.